The lowest BCUT2D eigenvalue weighted by Crippen LogP contribution is -2.36. The number of esters is 3. The van der Waals surface area contributed by atoms with E-state index in [1.807, 2.05) is 20.8 Å². The lowest BCUT2D eigenvalue weighted by molar-refractivity contribution is -0.149. The highest BCUT2D eigenvalue weighted by atomic mass is 16.7. The van der Waals surface area contributed by atoms with Crippen molar-refractivity contribution in [3.05, 3.63) is 23.8 Å². The van der Waals surface area contributed by atoms with Crippen molar-refractivity contribution in [3.8, 4) is 11.5 Å². The van der Waals surface area contributed by atoms with Crippen molar-refractivity contribution in [3.63, 3.8) is 0 Å². The van der Waals surface area contributed by atoms with E-state index in [1.54, 1.807) is 54.5 Å². The molecule has 10 heteroatoms. The van der Waals surface area contributed by atoms with Crippen LogP contribution in [0.25, 0.3) is 0 Å². The molecule has 0 aliphatic carbocycles. The molecule has 0 heterocycles. The van der Waals surface area contributed by atoms with Crippen LogP contribution in [0.5, 0.6) is 11.5 Å². The minimum Gasteiger partial charge on any atom is -0.461 e. The summed E-state index contributed by atoms with van der Waals surface area (Å²) in [5, 5.41) is 0. The van der Waals surface area contributed by atoms with Crippen molar-refractivity contribution in [2.24, 2.45) is 16.6 Å². The van der Waals surface area contributed by atoms with Gasteiger partial charge in [0, 0.05) is 0 Å². The van der Waals surface area contributed by atoms with Crippen LogP contribution in [0.1, 0.15) is 94.1 Å². The Morgan fingerprint density at radius 3 is 1.85 bits per heavy atom. The molecule has 1 rings (SSSR count). The fraction of sp³-hybridized carbons (Fsp3) is 0.667. The van der Waals surface area contributed by atoms with Gasteiger partial charge in [-0.1, -0.05) is 26.8 Å². The van der Waals surface area contributed by atoms with Crippen LogP contribution in [0.15, 0.2) is 18.2 Å². The average molecular weight is 566 g/mol. The molecule has 0 aromatic heterocycles. The molecule has 0 radical (unpaired) electrons. The Morgan fingerprint density at radius 2 is 1.35 bits per heavy atom. The van der Waals surface area contributed by atoms with E-state index in [0.717, 1.165) is 0 Å². The Bertz CT molecular complexity index is 1050. The number of rotatable bonds is 14. The molecular formula is C30H47NO9. The van der Waals surface area contributed by atoms with Crippen LogP contribution in [0.3, 0.4) is 0 Å². The van der Waals surface area contributed by atoms with E-state index in [0.29, 0.717) is 24.8 Å². The standard InChI is InChI=1S/C30H47NO9/c1-11-28(5,6)25(33)38-22-15-14-20(17-23(22)39-26(34)29(7,8)12-2)16-21(31)24(32)36-18-19(4)37-27(35)40-30(9,10)13-3/h14-15,17,19,21H,11-13,16,18,31H2,1-10H3/t19-,21-/m0/s1. The van der Waals surface area contributed by atoms with Crippen molar-refractivity contribution >= 4 is 24.1 Å². The van der Waals surface area contributed by atoms with E-state index >= 15 is 0 Å². The zero-order valence-electron chi connectivity index (χ0n) is 25.7. The van der Waals surface area contributed by atoms with Crippen LogP contribution < -0.4 is 15.2 Å². The predicted octanol–water partition coefficient (Wildman–Crippen LogP) is 5.51. The molecule has 2 atom stereocenters. The molecule has 2 N–H and O–H groups in total. The van der Waals surface area contributed by atoms with Crippen LogP contribution >= 0.6 is 0 Å². The summed E-state index contributed by atoms with van der Waals surface area (Å²) in [5.41, 5.74) is 4.46. The Morgan fingerprint density at radius 1 is 0.825 bits per heavy atom. The number of carbonyl (C=O) groups excluding carboxylic acids is 4. The van der Waals surface area contributed by atoms with Crippen molar-refractivity contribution in [2.75, 3.05) is 6.61 Å². The van der Waals surface area contributed by atoms with Crippen LogP contribution in [0, 0.1) is 10.8 Å². The molecule has 0 amide bonds. The van der Waals surface area contributed by atoms with Gasteiger partial charge in [-0.2, -0.15) is 0 Å². The number of carbonyl (C=O) groups is 4. The van der Waals surface area contributed by atoms with E-state index in [2.05, 4.69) is 0 Å². The number of hydrogen-bond acceptors (Lipinski definition) is 10. The maximum Gasteiger partial charge on any atom is 0.509 e. The highest BCUT2D eigenvalue weighted by Gasteiger charge is 2.32. The minimum absolute atomic E-state index is 0.0528. The summed E-state index contributed by atoms with van der Waals surface area (Å²) >= 11 is 0. The molecule has 226 valence electrons. The van der Waals surface area contributed by atoms with E-state index in [9.17, 15) is 19.2 Å². The first-order valence-corrected chi connectivity index (χ1v) is 13.8. The summed E-state index contributed by atoms with van der Waals surface area (Å²) in [6.07, 6.45) is 0.160. The van der Waals surface area contributed by atoms with Crippen molar-refractivity contribution in [1.82, 2.24) is 0 Å². The van der Waals surface area contributed by atoms with Gasteiger partial charge in [0.2, 0.25) is 0 Å². The lowest BCUT2D eigenvalue weighted by atomic mass is 9.90. The second kappa shape index (κ2) is 14.5. The quantitative estimate of drug-likeness (QED) is 0.227. The first kappa shape index (κ1) is 34.9. The Hall–Kier alpha value is -3.14. The molecule has 0 bridgehead atoms. The summed E-state index contributed by atoms with van der Waals surface area (Å²) < 4.78 is 26.8. The summed E-state index contributed by atoms with van der Waals surface area (Å²) in [7, 11) is 0. The van der Waals surface area contributed by atoms with Gasteiger partial charge in [0.05, 0.1) is 10.8 Å². The van der Waals surface area contributed by atoms with Gasteiger partial charge in [-0.05, 0) is 91.8 Å². The largest absolute Gasteiger partial charge is 0.509 e. The lowest BCUT2D eigenvalue weighted by Gasteiger charge is -2.24. The third-order valence-corrected chi connectivity index (χ3v) is 7.01. The van der Waals surface area contributed by atoms with E-state index in [4.69, 9.17) is 29.4 Å². The molecule has 40 heavy (non-hydrogen) atoms. The van der Waals surface area contributed by atoms with Crippen molar-refractivity contribution < 1.29 is 42.9 Å². The maximum atomic E-state index is 12.8. The average Bonchev–Trinajstić information content (AvgIpc) is 2.87. The summed E-state index contributed by atoms with van der Waals surface area (Å²) in [6, 6.07) is 3.61. The molecule has 0 fully saturated rings. The summed E-state index contributed by atoms with van der Waals surface area (Å²) in [5.74, 6) is -1.51. The van der Waals surface area contributed by atoms with Crippen LogP contribution in [0.4, 0.5) is 4.79 Å². The predicted molar refractivity (Wildman–Crippen MR) is 150 cm³/mol. The zero-order valence-corrected chi connectivity index (χ0v) is 25.7. The third-order valence-electron chi connectivity index (χ3n) is 7.01. The van der Waals surface area contributed by atoms with Gasteiger partial charge in [-0.3, -0.25) is 14.4 Å². The minimum atomic E-state index is -1.05. The molecule has 1 aromatic rings. The van der Waals surface area contributed by atoms with Crippen LogP contribution in [-0.4, -0.2) is 48.4 Å². The fourth-order valence-electron chi connectivity index (χ4n) is 2.77. The molecule has 0 saturated heterocycles. The van der Waals surface area contributed by atoms with E-state index in [-0.39, 0.29) is 24.5 Å². The summed E-state index contributed by atoms with van der Waals surface area (Å²) in [6.45, 7) is 17.6. The maximum absolute atomic E-state index is 12.8. The van der Waals surface area contributed by atoms with Crippen molar-refractivity contribution in [2.45, 2.75) is 113 Å². The van der Waals surface area contributed by atoms with Crippen LogP contribution in [0.2, 0.25) is 0 Å². The molecular weight excluding hydrogens is 518 g/mol. The molecule has 0 unspecified atom stereocenters. The normalized spacial score (nSPS) is 13.6. The second-order valence-corrected chi connectivity index (χ2v) is 11.9. The Labute approximate surface area is 238 Å². The monoisotopic (exact) mass is 565 g/mol. The molecule has 0 saturated carbocycles. The van der Waals surface area contributed by atoms with Gasteiger partial charge >= 0.3 is 24.1 Å². The van der Waals surface area contributed by atoms with Gasteiger partial charge in [0.15, 0.2) is 11.5 Å². The fourth-order valence-corrected chi connectivity index (χ4v) is 2.77. The van der Waals surface area contributed by atoms with Crippen molar-refractivity contribution in [1.29, 1.82) is 0 Å². The Kier molecular flexibility index (Phi) is 12.6. The number of hydrogen-bond donors (Lipinski definition) is 1. The van der Waals surface area contributed by atoms with E-state index in [1.165, 1.54) is 12.1 Å². The Balaban J connectivity index is 2.96. The topological polar surface area (TPSA) is 140 Å². The van der Waals surface area contributed by atoms with Gasteiger partial charge in [-0.25, -0.2) is 4.79 Å². The first-order valence-electron chi connectivity index (χ1n) is 13.8. The number of nitrogens with two attached hydrogens (primary N) is 1. The zero-order chi connectivity index (χ0) is 30.9. The molecule has 0 aliphatic rings. The first-order chi connectivity index (χ1) is 18.4. The van der Waals surface area contributed by atoms with Gasteiger partial charge in [0.1, 0.15) is 24.4 Å². The molecule has 0 spiro atoms. The number of ether oxygens (including phenoxy) is 5. The third kappa shape index (κ3) is 10.8. The number of benzene rings is 1. The molecule has 1 aromatic carbocycles. The van der Waals surface area contributed by atoms with Gasteiger partial charge in [0.25, 0.3) is 0 Å². The molecule has 10 nitrogen and oxygen atoms in total. The highest BCUT2D eigenvalue weighted by molar-refractivity contribution is 5.81. The molecule has 0 aliphatic heterocycles. The summed E-state index contributed by atoms with van der Waals surface area (Å²) in [4.78, 5) is 50.0. The highest BCUT2D eigenvalue weighted by Crippen LogP contribution is 2.34. The smallest absolute Gasteiger partial charge is 0.461 e. The van der Waals surface area contributed by atoms with Gasteiger partial charge in [-0.15, -0.1) is 0 Å². The second-order valence-electron chi connectivity index (χ2n) is 11.9. The van der Waals surface area contributed by atoms with E-state index < -0.39 is 52.6 Å². The SMILES string of the molecule is CCC(C)(C)OC(=O)O[C@@H](C)COC(=O)[C@@H](N)Cc1ccc(OC(=O)C(C)(C)CC)c(OC(=O)C(C)(C)CC)c1. The van der Waals surface area contributed by atoms with Crippen LogP contribution in [-0.2, 0) is 35.0 Å². The van der Waals surface area contributed by atoms with Gasteiger partial charge < -0.3 is 29.4 Å².